The fourth-order valence-electron chi connectivity index (χ4n) is 2.09. The molecule has 0 atom stereocenters. The molecule has 1 aromatic rings. The molecule has 1 aromatic carbocycles. The van der Waals surface area contributed by atoms with Crippen LogP contribution in [0.1, 0.15) is 49.3 Å². The first-order valence-corrected chi connectivity index (χ1v) is 5.50. The third kappa shape index (κ3) is 1.74. The molecule has 0 spiro atoms. The lowest BCUT2D eigenvalue weighted by molar-refractivity contribution is 0.147. The van der Waals surface area contributed by atoms with Crippen LogP contribution in [0.25, 0.3) is 0 Å². The van der Waals surface area contributed by atoms with Crippen LogP contribution in [0.3, 0.4) is 0 Å². The third-order valence-electron chi connectivity index (χ3n) is 3.23. The summed E-state index contributed by atoms with van der Waals surface area (Å²) in [5.41, 5.74) is 2.26. The van der Waals surface area contributed by atoms with Gasteiger partial charge in [0.15, 0.2) is 0 Å². The zero-order valence-corrected chi connectivity index (χ0v) is 9.54. The molecule has 2 heteroatoms. The Morgan fingerprint density at radius 1 is 1.27 bits per heavy atom. The molecule has 0 aliphatic heterocycles. The molecule has 0 amide bonds. The second kappa shape index (κ2) is 3.24. The molecule has 0 unspecified atom stereocenters. The normalized spacial score (nSPS) is 18.2. The summed E-state index contributed by atoms with van der Waals surface area (Å²) < 4.78 is 0. The van der Waals surface area contributed by atoms with E-state index in [1.807, 2.05) is 13.0 Å². The van der Waals surface area contributed by atoms with Crippen molar-refractivity contribution >= 4 is 0 Å². The van der Waals surface area contributed by atoms with E-state index in [1.54, 1.807) is 6.07 Å². The summed E-state index contributed by atoms with van der Waals surface area (Å²) in [4.78, 5) is 0. The number of hydrogen-bond acceptors (Lipinski definition) is 2. The monoisotopic (exact) mass is 206 g/mol. The summed E-state index contributed by atoms with van der Waals surface area (Å²) in [6.07, 6.45) is 1.53. The van der Waals surface area contributed by atoms with Gasteiger partial charge in [-0.2, -0.15) is 0 Å². The molecule has 1 fully saturated rings. The van der Waals surface area contributed by atoms with Gasteiger partial charge in [-0.3, -0.25) is 0 Å². The van der Waals surface area contributed by atoms with Crippen LogP contribution in [0.4, 0.5) is 0 Å². The Hall–Kier alpha value is -1.02. The van der Waals surface area contributed by atoms with Gasteiger partial charge in [-0.25, -0.2) is 0 Å². The van der Waals surface area contributed by atoms with Crippen molar-refractivity contribution in [2.75, 3.05) is 0 Å². The van der Waals surface area contributed by atoms with Gasteiger partial charge in [0.2, 0.25) is 0 Å². The minimum absolute atomic E-state index is 0.233. The Kier molecular flexibility index (Phi) is 2.27. The maximum atomic E-state index is 10.0. The SMILES string of the molecule is Cc1cc(O)c(C2(O)CC2)cc1C(C)C. The molecule has 0 aromatic heterocycles. The molecule has 0 saturated heterocycles. The number of phenols is 1. The van der Waals surface area contributed by atoms with E-state index in [-0.39, 0.29) is 5.75 Å². The molecule has 1 aliphatic rings. The Balaban J connectivity index is 2.51. The fraction of sp³-hybridized carbons (Fsp3) is 0.538. The minimum atomic E-state index is -0.749. The largest absolute Gasteiger partial charge is 0.508 e. The summed E-state index contributed by atoms with van der Waals surface area (Å²) in [5, 5.41) is 19.8. The number of aromatic hydroxyl groups is 1. The second-order valence-corrected chi connectivity index (χ2v) is 4.91. The third-order valence-corrected chi connectivity index (χ3v) is 3.23. The highest BCUT2D eigenvalue weighted by Gasteiger charge is 2.44. The number of aryl methyl sites for hydroxylation is 1. The molecule has 2 nitrogen and oxygen atoms in total. The van der Waals surface area contributed by atoms with E-state index < -0.39 is 5.60 Å². The molecule has 0 heterocycles. The molecule has 2 rings (SSSR count). The highest BCUT2D eigenvalue weighted by atomic mass is 16.3. The van der Waals surface area contributed by atoms with E-state index in [2.05, 4.69) is 13.8 Å². The lowest BCUT2D eigenvalue weighted by Crippen LogP contribution is -2.06. The second-order valence-electron chi connectivity index (χ2n) is 4.91. The first kappa shape index (κ1) is 10.5. The van der Waals surface area contributed by atoms with Crippen molar-refractivity contribution in [2.24, 2.45) is 0 Å². The molecule has 0 bridgehead atoms. The topological polar surface area (TPSA) is 40.5 Å². The van der Waals surface area contributed by atoms with Gasteiger partial charge in [0, 0.05) is 5.56 Å². The van der Waals surface area contributed by atoms with Crippen LogP contribution >= 0.6 is 0 Å². The molecular weight excluding hydrogens is 188 g/mol. The van der Waals surface area contributed by atoms with E-state index in [1.165, 1.54) is 5.56 Å². The summed E-state index contributed by atoms with van der Waals surface area (Å²) >= 11 is 0. The Morgan fingerprint density at radius 2 is 1.87 bits per heavy atom. The van der Waals surface area contributed by atoms with E-state index >= 15 is 0 Å². The van der Waals surface area contributed by atoms with Gasteiger partial charge in [0.1, 0.15) is 5.75 Å². The van der Waals surface area contributed by atoms with Gasteiger partial charge in [-0.05, 0) is 48.9 Å². The molecule has 2 N–H and O–H groups in total. The van der Waals surface area contributed by atoms with Crippen LogP contribution in [0.15, 0.2) is 12.1 Å². The Bertz CT molecular complexity index is 390. The van der Waals surface area contributed by atoms with Crippen LogP contribution in [-0.4, -0.2) is 10.2 Å². The smallest absolute Gasteiger partial charge is 0.121 e. The number of rotatable bonds is 2. The van der Waals surface area contributed by atoms with Crippen LogP contribution in [-0.2, 0) is 5.60 Å². The number of hydrogen-bond donors (Lipinski definition) is 2. The maximum absolute atomic E-state index is 10.0. The maximum Gasteiger partial charge on any atom is 0.121 e. The first-order chi connectivity index (χ1) is 6.94. The van der Waals surface area contributed by atoms with Crippen LogP contribution < -0.4 is 0 Å². The van der Waals surface area contributed by atoms with Crippen molar-refractivity contribution < 1.29 is 10.2 Å². The van der Waals surface area contributed by atoms with Gasteiger partial charge in [-0.15, -0.1) is 0 Å². The van der Waals surface area contributed by atoms with Crippen LogP contribution in [0, 0.1) is 6.92 Å². The molecule has 15 heavy (non-hydrogen) atoms. The van der Waals surface area contributed by atoms with Gasteiger partial charge in [0.25, 0.3) is 0 Å². The van der Waals surface area contributed by atoms with E-state index in [0.29, 0.717) is 11.5 Å². The van der Waals surface area contributed by atoms with Crippen molar-refractivity contribution in [3.8, 4) is 5.75 Å². The van der Waals surface area contributed by atoms with Gasteiger partial charge in [-0.1, -0.05) is 13.8 Å². The average Bonchev–Trinajstić information content (AvgIpc) is 2.83. The summed E-state index contributed by atoms with van der Waals surface area (Å²) in [6, 6.07) is 3.73. The van der Waals surface area contributed by atoms with Gasteiger partial charge in [0.05, 0.1) is 5.60 Å². The number of phenolic OH excluding ortho intramolecular Hbond substituents is 1. The fourth-order valence-corrected chi connectivity index (χ4v) is 2.09. The van der Waals surface area contributed by atoms with Crippen molar-refractivity contribution in [3.63, 3.8) is 0 Å². The van der Waals surface area contributed by atoms with Gasteiger partial charge < -0.3 is 10.2 Å². The molecular formula is C13H18O2. The highest BCUT2D eigenvalue weighted by molar-refractivity contribution is 5.47. The van der Waals surface area contributed by atoms with Crippen molar-refractivity contribution in [2.45, 2.75) is 45.1 Å². The zero-order valence-electron chi connectivity index (χ0n) is 9.54. The van der Waals surface area contributed by atoms with Crippen LogP contribution in [0.2, 0.25) is 0 Å². The molecule has 0 radical (unpaired) electrons. The average molecular weight is 206 g/mol. The van der Waals surface area contributed by atoms with Crippen molar-refractivity contribution in [1.29, 1.82) is 0 Å². The van der Waals surface area contributed by atoms with E-state index in [9.17, 15) is 10.2 Å². The molecule has 1 aliphatic carbocycles. The Labute approximate surface area is 90.6 Å². The van der Waals surface area contributed by atoms with Gasteiger partial charge >= 0.3 is 0 Å². The first-order valence-electron chi connectivity index (χ1n) is 5.50. The standard InChI is InChI=1S/C13H18O2/c1-8(2)10-7-11(13(15)4-5-13)12(14)6-9(10)3/h6-8,14-15H,4-5H2,1-3H3. The summed E-state index contributed by atoms with van der Waals surface area (Å²) in [5.74, 6) is 0.656. The van der Waals surface area contributed by atoms with E-state index in [4.69, 9.17) is 0 Å². The van der Waals surface area contributed by atoms with Crippen LogP contribution in [0.5, 0.6) is 5.75 Å². The molecule has 82 valence electrons. The zero-order chi connectivity index (χ0) is 11.2. The Morgan fingerprint density at radius 3 is 2.33 bits per heavy atom. The van der Waals surface area contributed by atoms with Crippen molar-refractivity contribution in [3.05, 3.63) is 28.8 Å². The quantitative estimate of drug-likeness (QED) is 0.781. The highest BCUT2D eigenvalue weighted by Crippen LogP contribution is 2.49. The summed E-state index contributed by atoms with van der Waals surface area (Å²) in [7, 11) is 0. The summed E-state index contributed by atoms with van der Waals surface area (Å²) in [6.45, 7) is 6.25. The predicted molar refractivity (Wildman–Crippen MR) is 60.1 cm³/mol. The number of aliphatic hydroxyl groups is 1. The van der Waals surface area contributed by atoms with Crippen molar-refractivity contribution in [1.82, 2.24) is 0 Å². The minimum Gasteiger partial charge on any atom is -0.508 e. The molecule has 1 saturated carbocycles. The lowest BCUT2D eigenvalue weighted by Gasteiger charge is -2.16. The predicted octanol–water partition coefficient (Wildman–Crippen LogP) is 2.81. The number of benzene rings is 1. The lowest BCUT2D eigenvalue weighted by atomic mass is 9.93. The van der Waals surface area contributed by atoms with E-state index in [0.717, 1.165) is 18.4 Å².